The summed E-state index contributed by atoms with van der Waals surface area (Å²) in [5.74, 6) is -1.01. The van der Waals surface area contributed by atoms with Crippen molar-refractivity contribution < 1.29 is 17.6 Å². The molecule has 0 spiro atoms. The van der Waals surface area contributed by atoms with Gasteiger partial charge in [0.2, 0.25) is 0 Å². The Morgan fingerprint density at radius 2 is 1.73 bits per heavy atom. The summed E-state index contributed by atoms with van der Waals surface area (Å²) in [6, 6.07) is 10.4. The second kappa shape index (κ2) is 7.74. The first-order valence-electron chi connectivity index (χ1n) is 8.93. The molecule has 3 aromatic rings. The van der Waals surface area contributed by atoms with E-state index in [1.165, 1.54) is 6.07 Å². The molecule has 0 aliphatic heterocycles. The molecule has 1 N–H and O–H groups in total. The van der Waals surface area contributed by atoms with Crippen molar-refractivity contribution in [2.45, 2.75) is 38.5 Å². The van der Waals surface area contributed by atoms with E-state index in [1.807, 2.05) is 26.8 Å². The van der Waals surface area contributed by atoms with E-state index in [1.54, 1.807) is 28.9 Å². The highest BCUT2D eigenvalue weighted by Crippen LogP contribution is 2.35. The van der Waals surface area contributed by atoms with Gasteiger partial charge in [-0.15, -0.1) is 5.10 Å². The maximum absolute atomic E-state index is 13.7. The van der Waals surface area contributed by atoms with Gasteiger partial charge in [-0.2, -0.15) is 18.4 Å². The van der Waals surface area contributed by atoms with Gasteiger partial charge in [-0.3, -0.25) is 0 Å². The molecule has 0 saturated heterocycles. The van der Waals surface area contributed by atoms with E-state index < -0.39 is 29.1 Å². The third-order valence-corrected chi connectivity index (χ3v) is 4.34. The summed E-state index contributed by atoms with van der Waals surface area (Å²) >= 11 is 0. The Morgan fingerprint density at radius 3 is 2.30 bits per heavy atom. The topological polar surface area (TPSA) is 79.4 Å². The van der Waals surface area contributed by atoms with Crippen molar-refractivity contribution >= 4 is 5.69 Å². The van der Waals surface area contributed by atoms with Gasteiger partial charge in [-0.05, 0) is 67.1 Å². The van der Waals surface area contributed by atoms with Crippen molar-refractivity contribution in [2.24, 2.45) is 0 Å². The molecule has 2 aromatic carbocycles. The summed E-state index contributed by atoms with van der Waals surface area (Å²) in [6.45, 7) is 5.63. The number of hydrogen-bond acceptors (Lipinski definition) is 5. The molecule has 0 aliphatic rings. The van der Waals surface area contributed by atoms with E-state index in [4.69, 9.17) is 5.26 Å². The van der Waals surface area contributed by atoms with Crippen molar-refractivity contribution in [3.63, 3.8) is 0 Å². The van der Waals surface area contributed by atoms with Gasteiger partial charge in [0.15, 0.2) is 5.82 Å². The lowest BCUT2D eigenvalue weighted by Gasteiger charge is -2.25. The lowest BCUT2D eigenvalue weighted by molar-refractivity contribution is -0.139. The number of aromatic nitrogens is 4. The van der Waals surface area contributed by atoms with Crippen LogP contribution in [0.3, 0.4) is 0 Å². The minimum absolute atomic E-state index is 0.0431. The van der Waals surface area contributed by atoms with Crippen LogP contribution >= 0.6 is 0 Å². The standard InChI is InChI=1S/C20H18F4N6/c1-19(2,3)30-18(27-28-29-30)17(13-6-4-12(11-25)5-7-13)26-14-8-9-16(21)15(10-14)20(22,23)24/h4-10,17,26H,1-3H3. The Kier molecular flexibility index (Phi) is 5.48. The smallest absolute Gasteiger partial charge is 0.371 e. The van der Waals surface area contributed by atoms with Crippen LogP contribution in [0.1, 0.15) is 49.3 Å². The van der Waals surface area contributed by atoms with Gasteiger partial charge in [0.25, 0.3) is 0 Å². The normalized spacial score (nSPS) is 13.0. The summed E-state index contributed by atoms with van der Waals surface area (Å²) < 4.78 is 54.6. The number of nitrogens with zero attached hydrogens (tertiary/aromatic N) is 5. The average molecular weight is 418 g/mol. The van der Waals surface area contributed by atoms with Crippen LogP contribution in [-0.4, -0.2) is 20.2 Å². The molecule has 1 aromatic heterocycles. The van der Waals surface area contributed by atoms with Crippen LogP contribution in [0.25, 0.3) is 0 Å². The fraction of sp³-hybridized carbons (Fsp3) is 0.300. The molecule has 0 radical (unpaired) electrons. The van der Waals surface area contributed by atoms with Crippen LogP contribution in [0.15, 0.2) is 42.5 Å². The molecule has 0 bridgehead atoms. The number of alkyl halides is 3. The molecule has 0 aliphatic carbocycles. The highest BCUT2D eigenvalue weighted by Gasteiger charge is 2.35. The van der Waals surface area contributed by atoms with E-state index in [2.05, 4.69) is 20.8 Å². The summed E-state index contributed by atoms with van der Waals surface area (Å²) in [4.78, 5) is 0. The quantitative estimate of drug-likeness (QED) is 0.624. The zero-order valence-electron chi connectivity index (χ0n) is 16.4. The molecule has 10 heteroatoms. The zero-order chi connectivity index (χ0) is 22.1. The number of benzene rings is 2. The van der Waals surface area contributed by atoms with Crippen molar-refractivity contribution in [1.29, 1.82) is 5.26 Å². The van der Waals surface area contributed by atoms with Crippen LogP contribution in [-0.2, 0) is 11.7 Å². The highest BCUT2D eigenvalue weighted by atomic mass is 19.4. The second-order valence-electron chi connectivity index (χ2n) is 7.62. The fourth-order valence-electron chi connectivity index (χ4n) is 2.90. The minimum atomic E-state index is -4.83. The maximum Gasteiger partial charge on any atom is 0.419 e. The molecule has 0 fully saturated rings. The van der Waals surface area contributed by atoms with E-state index in [0.29, 0.717) is 23.0 Å². The van der Waals surface area contributed by atoms with Gasteiger partial charge >= 0.3 is 6.18 Å². The molecule has 6 nitrogen and oxygen atoms in total. The summed E-state index contributed by atoms with van der Waals surface area (Å²) in [6.07, 6.45) is -4.83. The second-order valence-corrected chi connectivity index (χ2v) is 7.62. The maximum atomic E-state index is 13.7. The first kappa shape index (κ1) is 21.2. The molecule has 0 saturated carbocycles. The molecule has 156 valence electrons. The first-order chi connectivity index (χ1) is 14.0. The van der Waals surface area contributed by atoms with Crippen molar-refractivity contribution in [3.05, 3.63) is 70.8 Å². The van der Waals surface area contributed by atoms with Gasteiger partial charge in [0.1, 0.15) is 11.9 Å². The Labute approximate surface area is 170 Å². The Balaban J connectivity index is 2.10. The van der Waals surface area contributed by atoms with Gasteiger partial charge in [-0.25, -0.2) is 9.07 Å². The molecule has 1 unspecified atom stereocenters. The number of rotatable bonds is 4. The number of hydrogen-bond donors (Lipinski definition) is 1. The van der Waals surface area contributed by atoms with Crippen LogP contribution in [0.2, 0.25) is 0 Å². The number of nitriles is 1. The molecule has 1 atom stereocenters. The number of nitrogens with one attached hydrogen (secondary N) is 1. The van der Waals surface area contributed by atoms with Crippen molar-refractivity contribution in [1.82, 2.24) is 20.2 Å². The van der Waals surface area contributed by atoms with Gasteiger partial charge < -0.3 is 5.32 Å². The molecule has 1 heterocycles. The van der Waals surface area contributed by atoms with Crippen LogP contribution < -0.4 is 5.32 Å². The number of anilines is 1. The summed E-state index contributed by atoms with van der Waals surface area (Å²) in [5, 5.41) is 23.8. The minimum Gasteiger partial charge on any atom is -0.371 e. The third kappa shape index (κ3) is 4.40. The van der Waals surface area contributed by atoms with Crippen LogP contribution in [0, 0.1) is 17.1 Å². The van der Waals surface area contributed by atoms with E-state index in [0.717, 1.165) is 6.07 Å². The monoisotopic (exact) mass is 418 g/mol. The van der Waals surface area contributed by atoms with Gasteiger partial charge in [-0.1, -0.05) is 12.1 Å². The van der Waals surface area contributed by atoms with Gasteiger partial charge in [0, 0.05) is 5.69 Å². The van der Waals surface area contributed by atoms with Gasteiger partial charge in [0.05, 0.1) is 22.7 Å². The van der Waals surface area contributed by atoms with Crippen LogP contribution in [0.4, 0.5) is 23.2 Å². The zero-order valence-corrected chi connectivity index (χ0v) is 16.4. The number of halogens is 4. The Morgan fingerprint density at radius 1 is 1.07 bits per heavy atom. The summed E-state index contributed by atoms with van der Waals surface area (Å²) in [7, 11) is 0. The first-order valence-corrected chi connectivity index (χ1v) is 8.93. The SMILES string of the molecule is CC(C)(C)n1nnnc1C(Nc1ccc(F)c(C(F)(F)F)c1)c1ccc(C#N)cc1. The largest absolute Gasteiger partial charge is 0.419 e. The van der Waals surface area contributed by atoms with Crippen LogP contribution in [0.5, 0.6) is 0 Å². The lowest BCUT2D eigenvalue weighted by atomic mass is 10.0. The highest BCUT2D eigenvalue weighted by molar-refractivity contribution is 5.51. The molecular formula is C20H18F4N6. The molecule has 3 rings (SSSR count). The molecular weight excluding hydrogens is 400 g/mol. The Hall–Kier alpha value is -3.48. The fourth-order valence-corrected chi connectivity index (χ4v) is 2.90. The van der Waals surface area contributed by atoms with E-state index in [9.17, 15) is 17.6 Å². The molecule has 0 amide bonds. The van der Waals surface area contributed by atoms with E-state index >= 15 is 0 Å². The Bertz CT molecular complexity index is 1070. The third-order valence-electron chi connectivity index (χ3n) is 4.34. The van der Waals surface area contributed by atoms with Crippen molar-refractivity contribution in [2.75, 3.05) is 5.32 Å². The molecule has 30 heavy (non-hydrogen) atoms. The summed E-state index contributed by atoms with van der Waals surface area (Å²) in [5.41, 5.74) is -0.796. The van der Waals surface area contributed by atoms with Crippen molar-refractivity contribution in [3.8, 4) is 6.07 Å². The predicted molar refractivity (Wildman–Crippen MR) is 101 cm³/mol. The predicted octanol–water partition coefficient (Wildman–Crippen LogP) is 4.66. The average Bonchev–Trinajstić information content (AvgIpc) is 3.16. The number of tetrazole rings is 1. The lowest BCUT2D eigenvalue weighted by Crippen LogP contribution is -2.29. The van der Waals surface area contributed by atoms with E-state index in [-0.39, 0.29) is 5.69 Å².